The van der Waals surface area contributed by atoms with Crippen LogP contribution in [0.5, 0.6) is 11.5 Å². The monoisotopic (exact) mass is 397 g/mol. The fourth-order valence-corrected chi connectivity index (χ4v) is 2.83. The minimum absolute atomic E-state index is 0.0405. The highest BCUT2D eigenvalue weighted by molar-refractivity contribution is 5.90. The number of nitro groups is 1. The zero-order valence-electron chi connectivity index (χ0n) is 16.1. The maximum atomic E-state index is 11.7. The van der Waals surface area contributed by atoms with E-state index >= 15 is 0 Å². The van der Waals surface area contributed by atoms with Crippen LogP contribution < -0.4 is 9.47 Å². The molecule has 0 amide bonds. The van der Waals surface area contributed by atoms with Gasteiger partial charge in [-0.1, -0.05) is 12.1 Å². The Bertz CT molecular complexity index is 1040. The number of methoxy groups -OCH3 is 2. The second kappa shape index (κ2) is 8.47. The minimum atomic E-state index is -0.494. The van der Waals surface area contributed by atoms with E-state index in [0.29, 0.717) is 34.1 Å². The highest BCUT2D eigenvalue weighted by Gasteiger charge is 2.17. The van der Waals surface area contributed by atoms with E-state index in [1.807, 2.05) is 0 Å². The third kappa shape index (κ3) is 4.37. The molecule has 8 heteroatoms. The molecular formula is C21H19NO7. The summed E-state index contributed by atoms with van der Waals surface area (Å²) in [6.07, 6.45) is 0. The van der Waals surface area contributed by atoms with Gasteiger partial charge < -0.3 is 18.6 Å². The van der Waals surface area contributed by atoms with Crippen molar-refractivity contribution in [3.05, 3.63) is 75.7 Å². The second-order valence-electron chi connectivity index (χ2n) is 6.13. The summed E-state index contributed by atoms with van der Waals surface area (Å²) in [5.41, 5.74) is 1.56. The van der Waals surface area contributed by atoms with E-state index in [1.165, 1.54) is 25.3 Å². The first-order valence-electron chi connectivity index (χ1n) is 8.66. The molecule has 0 aliphatic rings. The van der Waals surface area contributed by atoms with Gasteiger partial charge in [0.1, 0.15) is 35.2 Å². The van der Waals surface area contributed by atoms with Crippen LogP contribution in [0.1, 0.15) is 21.9 Å². The molecule has 0 N–H and O–H groups in total. The lowest BCUT2D eigenvalue weighted by Gasteiger charge is -2.11. The normalized spacial score (nSPS) is 10.4. The molecule has 3 aromatic rings. The Hall–Kier alpha value is -3.81. The number of ether oxygens (including phenoxy) is 3. The number of nitro benzene ring substituents is 1. The van der Waals surface area contributed by atoms with Crippen molar-refractivity contribution < 1.29 is 28.3 Å². The van der Waals surface area contributed by atoms with Gasteiger partial charge in [-0.05, 0) is 36.8 Å². The van der Waals surface area contributed by atoms with Gasteiger partial charge >= 0.3 is 5.97 Å². The van der Waals surface area contributed by atoms with Crippen LogP contribution in [0, 0.1) is 17.0 Å². The topological polar surface area (TPSA) is 101 Å². The summed E-state index contributed by atoms with van der Waals surface area (Å²) in [7, 11) is 2.85. The summed E-state index contributed by atoms with van der Waals surface area (Å²) in [4.78, 5) is 22.4. The van der Waals surface area contributed by atoms with Gasteiger partial charge in [0.15, 0.2) is 0 Å². The van der Waals surface area contributed by atoms with Gasteiger partial charge in [0.2, 0.25) is 0 Å². The number of esters is 1. The molecule has 0 unspecified atom stereocenters. The molecule has 0 fully saturated rings. The molecule has 0 aliphatic heterocycles. The third-order valence-electron chi connectivity index (χ3n) is 4.32. The van der Waals surface area contributed by atoms with E-state index in [-0.39, 0.29) is 12.3 Å². The van der Waals surface area contributed by atoms with Gasteiger partial charge in [0.05, 0.1) is 19.1 Å². The zero-order chi connectivity index (χ0) is 21.0. The smallest absolute Gasteiger partial charge is 0.341 e. The van der Waals surface area contributed by atoms with Gasteiger partial charge in [0.25, 0.3) is 5.69 Å². The second-order valence-corrected chi connectivity index (χ2v) is 6.13. The highest BCUT2D eigenvalue weighted by Crippen LogP contribution is 2.35. The first-order chi connectivity index (χ1) is 13.9. The fraction of sp³-hybridized carbons (Fsp3) is 0.190. The number of nitrogens with zero attached hydrogens (tertiary/aromatic N) is 1. The van der Waals surface area contributed by atoms with E-state index in [1.54, 1.807) is 44.4 Å². The summed E-state index contributed by atoms with van der Waals surface area (Å²) in [5, 5.41) is 11.2. The summed E-state index contributed by atoms with van der Waals surface area (Å²) in [5.74, 6) is 1.47. The Kier molecular flexibility index (Phi) is 5.82. The molecular weight excluding hydrogens is 378 g/mol. The van der Waals surface area contributed by atoms with Crippen LogP contribution in [0.3, 0.4) is 0 Å². The van der Waals surface area contributed by atoms with Crippen LogP contribution in [0.2, 0.25) is 0 Å². The van der Waals surface area contributed by atoms with Gasteiger partial charge in [0, 0.05) is 17.7 Å². The predicted octanol–water partition coefficient (Wildman–Crippen LogP) is 4.54. The van der Waals surface area contributed by atoms with Crippen molar-refractivity contribution in [3.8, 4) is 22.6 Å². The number of aryl methyl sites for hydroxylation is 1. The molecule has 0 radical (unpaired) electrons. The number of non-ortho nitro benzene ring substituents is 1. The Labute approximate surface area is 166 Å². The summed E-state index contributed by atoms with van der Waals surface area (Å²) >= 11 is 0. The average molecular weight is 397 g/mol. The number of furan rings is 1. The van der Waals surface area contributed by atoms with Crippen molar-refractivity contribution in [3.63, 3.8) is 0 Å². The molecule has 3 rings (SSSR count). The molecule has 2 aromatic carbocycles. The van der Waals surface area contributed by atoms with E-state index in [2.05, 4.69) is 0 Å². The largest absolute Gasteiger partial charge is 0.497 e. The maximum Gasteiger partial charge on any atom is 0.341 e. The van der Waals surface area contributed by atoms with Gasteiger partial charge in [-0.3, -0.25) is 10.1 Å². The van der Waals surface area contributed by atoms with Gasteiger partial charge in [-0.15, -0.1) is 0 Å². The van der Waals surface area contributed by atoms with Crippen molar-refractivity contribution in [2.75, 3.05) is 14.2 Å². The van der Waals surface area contributed by atoms with Crippen LogP contribution in [-0.2, 0) is 11.3 Å². The van der Waals surface area contributed by atoms with Crippen LogP contribution in [0.4, 0.5) is 5.69 Å². The molecule has 29 heavy (non-hydrogen) atoms. The van der Waals surface area contributed by atoms with E-state index < -0.39 is 10.9 Å². The predicted molar refractivity (Wildman–Crippen MR) is 104 cm³/mol. The number of benzene rings is 2. The summed E-state index contributed by atoms with van der Waals surface area (Å²) < 4.78 is 21.3. The maximum absolute atomic E-state index is 11.7. The summed E-state index contributed by atoms with van der Waals surface area (Å²) in [6.45, 7) is 1.70. The number of hydrogen-bond donors (Lipinski definition) is 0. The van der Waals surface area contributed by atoms with Crippen molar-refractivity contribution >= 4 is 11.7 Å². The average Bonchev–Trinajstić information content (AvgIpc) is 3.12. The molecule has 0 saturated heterocycles. The highest BCUT2D eigenvalue weighted by atomic mass is 16.6. The lowest BCUT2D eigenvalue weighted by atomic mass is 10.0. The molecule has 0 bridgehead atoms. The number of carbonyl (C=O) groups is 1. The third-order valence-corrected chi connectivity index (χ3v) is 4.32. The number of hydrogen-bond acceptors (Lipinski definition) is 7. The lowest BCUT2D eigenvalue weighted by Crippen LogP contribution is -2.01. The van der Waals surface area contributed by atoms with E-state index in [0.717, 1.165) is 5.56 Å². The van der Waals surface area contributed by atoms with Crippen LogP contribution >= 0.6 is 0 Å². The quantitative estimate of drug-likeness (QED) is 0.328. The lowest BCUT2D eigenvalue weighted by molar-refractivity contribution is -0.384. The number of rotatable bonds is 7. The van der Waals surface area contributed by atoms with Gasteiger partial charge in [-0.25, -0.2) is 4.79 Å². The zero-order valence-corrected chi connectivity index (χ0v) is 16.1. The van der Waals surface area contributed by atoms with Crippen molar-refractivity contribution in [2.45, 2.75) is 13.5 Å². The summed E-state index contributed by atoms with van der Waals surface area (Å²) in [6, 6.07) is 13.0. The Morgan fingerprint density at radius 2 is 1.83 bits per heavy atom. The molecule has 1 aromatic heterocycles. The Morgan fingerprint density at radius 3 is 2.45 bits per heavy atom. The number of carbonyl (C=O) groups excluding carboxylic acids is 1. The molecule has 0 atom stereocenters. The first-order valence-corrected chi connectivity index (χ1v) is 8.66. The molecule has 0 saturated carbocycles. The fourth-order valence-electron chi connectivity index (χ4n) is 2.83. The molecule has 150 valence electrons. The van der Waals surface area contributed by atoms with Crippen LogP contribution in [0.25, 0.3) is 11.1 Å². The molecule has 8 nitrogen and oxygen atoms in total. The molecule has 0 spiro atoms. The van der Waals surface area contributed by atoms with Crippen LogP contribution in [-0.4, -0.2) is 25.1 Å². The Morgan fingerprint density at radius 1 is 1.10 bits per heavy atom. The van der Waals surface area contributed by atoms with Gasteiger partial charge in [-0.2, -0.15) is 0 Å². The SMILES string of the molecule is COC(=O)c1cc(COc2ccc([N+](=O)[O-])cc2-c2ccc(OC)cc2)oc1C. The molecule has 0 aliphatic carbocycles. The van der Waals surface area contributed by atoms with Crippen molar-refractivity contribution in [2.24, 2.45) is 0 Å². The minimum Gasteiger partial charge on any atom is -0.497 e. The van der Waals surface area contributed by atoms with Crippen molar-refractivity contribution in [1.82, 2.24) is 0 Å². The first kappa shape index (κ1) is 19.9. The standard InChI is InChI=1S/C21H19NO7/c1-13-18(21(23)27-3)11-17(29-13)12-28-20-9-6-15(22(24)25)10-19(20)14-4-7-16(26-2)8-5-14/h4-11H,12H2,1-3H3. The van der Waals surface area contributed by atoms with Crippen molar-refractivity contribution in [1.29, 1.82) is 0 Å². The van der Waals surface area contributed by atoms with E-state index in [4.69, 9.17) is 18.6 Å². The Balaban J connectivity index is 1.90. The molecule has 1 heterocycles. The van der Waals surface area contributed by atoms with Crippen LogP contribution in [0.15, 0.2) is 52.9 Å². The van der Waals surface area contributed by atoms with E-state index in [9.17, 15) is 14.9 Å².